The lowest BCUT2D eigenvalue weighted by Gasteiger charge is -2.32. The molecule has 1 heterocycles. The molecule has 0 saturated carbocycles. The highest BCUT2D eigenvalue weighted by molar-refractivity contribution is 5.51. The molecule has 1 atom stereocenters. The zero-order valence-corrected chi connectivity index (χ0v) is 13.7. The third-order valence-corrected chi connectivity index (χ3v) is 4.14. The summed E-state index contributed by atoms with van der Waals surface area (Å²) in [4.78, 5) is 2.00. The second kappa shape index (κ2) is 8.13. The molecule has 2 aromatic carbocycles. The van der Waals surface area contributed by atoms with Crippen LogP contribution in [0.2, 0.25) is 0 Å². The number of nitrogens with two attached hydrogens (primary N) is 1. The Morgan fingerprint density at radius 2 is 2.00 bits per heavy atom. The van der Waals surface area contributed by atoms with E-state index in [0.29, 0.717) is 24.6 Å². The maximum absolute atomic E-state index is 14.3. The average Bonchev–Trinajstić information content (AvgIpc) is 2.60. The summed E-state index contributed by atoms with van der Waals surface area (Å²) >= 11 is 0. The van der Waals surface area contributed by atoms with Crippen molar-refractivity contribution in [1.82, 2.24) is 0 Å². The molecule has 0 spiro atoms. The van der Waals surface area contributed by atoms with Gasteiger partial charge in [0.1, 0.15) is 11.6 Å². The molecule has 5 heteroatoms. The van der Waals surface area contributed by atoms with E-state index in [9.17, 15) is 4.39 Å². The number of anilines is 1. The molecule has 3 rings (SSSR count). The van der Waals surface area contributed by atoms with Crippen LogP contribution in [0, 0.1) is 5.82 Å². The first kappa shape index (κ1) is 16.7. The van der Waals surface area contributed by atoms with E-state index in [1.54, 1.807) is 12.1 Å². The van der Waals surface area contributed by atoms with Crippen LogP contribution in [-0.2, 0) is 11.3 Å². The van der Waals surface area contributed by atoms with Crippen molar-refractivity contribution >= 4 is 5.69 Å². The van der Waals surface area contributed by atoms with Crippen molar-refractivity contribution in [2.24, 2.45) is 5.73 Å². The maximum Gasteiger partial charge on any atom is 0.189 e. The first-order chi connectivity index (χ1) is 11.7. The summed E-state index contributed by atoms with van der Waals surface area (Å²) in [5.41, 5.74) is 7.63. The lowest BCUT2D eigenvalue weighted by molar-refractivity contribution is 0.00491. The number of benzene rings is 2. The molecule has 1 aliphatic rings. The number of hydrogen-bond acceptors (Lipinski definition) is 4. The van der Waals surface area contributed by atoms with Gasteiger partial charge in [0.05, 0.1) is 12.3 Å². The Hall–Kier alpha value is -2.11. The Labute approximate surface area is 142 Å². The predicted molar refractivity (Wildman–Crippen MR) is 92.5 cm³/mol. The molecule has 1 fully saturated rings. The topological polar surface area (TPSA) is 47.7 Å². The van der Waals surface area contributed by atoms with Crippen LogP contribution in [0.1, 0.15) is 18.4 Å². The molecule has 0 aromatic heterocycles. The smallest absolute Gasteiger partial charge is 0.189 e. The fraction of sp³-hybridized carbons (Fsp3) is 0.368. The van der Waals surface area contributed by atoms with Gasteiger partial charge >= 0.3 is 0 Å². The van der Waals surface area contributed by atoms with Crippen LogP contribution in [0.15, 0.2) is 48.5 Å². The minimum atomic E-state index is -0.287. The van der Waals surface area contributed by atoms with Gasteiger partial charge in [0.2, 0.25) is 0 Å². The number of rotatable bonds is 6. The van der Waals surface area contributed by atoms with Crippen molar-refractivity contribution in [3.8, 4) is 5.75 Å². The quantitative estimate of drug-likeness (QED) is 0.652. The summed E-state index contributed by atoms with van der Waals surface area (Å²) < 4.78 is 25.3. The normalized spacial score (nSPS) is 17.8. The Balaban J connectivity index is 1.51. The van der Waals surface area contributed by atoms with E-state index in [1.807, 2.05) is 35.2 Å². The number of hydrogen-bond donors (Lipinski definition) is 1. The zero-order chi connectivity index (χ0) is 16.8. The fourth-order valence-electron chi connectivity index (χ4n) is 2.91. The Kier molecular flexibility index (Phi) is 5.67. The Bertz CT molecular complexity index is 651. The summed E-state index contributed by atoms with van der Waals surface area (Å²) in [5, 5.41) is 0. The largest absolute Gasteiger partial charge is 0.467 e. The minimum absolute atomic E-state index is 0.0856. The van der Waals surface area contributed by atoms with Gasteiger partial charge in [0, 0.05) is 25.2 Å². The van der Waals surface area contributed by atoms with E-state index in [4.69, 9.17) is 15.2 Å². The van der Waals surface area contributed by atoms with E-state index >= 15 is 0 Å². The predicted octanol–water partition coefficient (Wildman–Crippen LogP) is 3.31. The van der Waals surface area contributed by atoms with Gasteiger partial charge in [-0.1, -0.05) is 30.3 Å². The van der Waals surface area contributed by atoms with Crippen LogP contribution >= 0.6 is 0 Å². The van der Waals surface area contributed by atoms with Gasteiger partial charge < -0.3 is 20.1 Å². The minimum Gasteiger partial charge on any atom is -0.467 e. The molecule has 1 unspecified atom stereocenters. The molecule has 128 valence electrons. The summed E-state index contributed by atoms with van der Waals surface area (Å²) in [7, 11) is 0. The molecule has 1 aliphatic heterocycles. The van der Waals surface area contributed by atoms with Gasteiger partial charge in [-0.15, -0.1) is 0 Å². The summed E-state index contributed by atoms with van der Waals surface area (Å²) in [5.74, 6) is 0.176. The molecule has 24 heavy (non-hydrogen) atoms. The monoisotopic (exact) mass is 330 g/mol. The van der Waals surface area contributed by atoms with Crippen molar-refractivity contribution in [3.63, 3.8) is 0 Å². The fourth-order valence-corrected chi connectivity index (χ4v) is 2.91. The lowest BCUT2D eigenvalue weighted by atomic mass is 10.1. The van der Waals surface area contributed by atoms with Crippen molar-refractivity contribution < 1.29 is 13.9 Å². The average molecular weight is 330 g/mol. The molecular formula is C19H23FN2O2. The third kappa shape index (κ3) is 4.46. The van der Waals surface area contributed by atoms with E-state index in [-0.39, 0.29) is 18.7 Å². The number of halogens is 1. The molecule has 0 amide bonds. The van der Waals surface area contributed by atoms with Gasteiger partial charge in [-0.2, -0.15) is 0 Å². The van der Waals surface area contributed by atoms with Crippen molar-refractivity contribution in [1.29, 1.82) is 0 Å². The summed E-state index contributed by atoms with van der Waals surface area (Å²) in [6, 6.07) is 14.9. The molecule has 0 bridgehead atoms. The van der Waals surface area contributed by atoms with Crippen molar-refractivity contribution in [3.05, 3.63) is 59.9 Å². The molecular weight excluding hydrogens is 307 g/mol. The zero-order valence-electron chi connectivity index (χ0n) is 13.7. The summed E-state index contributed by atoms with van der Waals surface area (Å²) in [6.07, 6.45) is 1.99. The van der Waals surface area contributed by atoms with Gasteiger partial charge in [-0.3, -0.25) is 0 Å². The van der Waals surface area contributed by atoms with Crippen molar-refractivity contribution in [2.45, 2.75) is 25.5 Å². The van der Waals surface area contributed by atoms with E-state index in [2.05, 4.69) is 0 Å². The standard InChI is InChI=1S/C19H23FN2O2/c20-18-11-17(24-14-23-13-15-5-2-1-3-6-15)8-9-19(18)22-10-4-7-16(21)12-22/h1-3,5-6,8-9,11,16H,4,7,10,12-14,21H2. The second-order valence-corrected chi connectivity index (χ2v) is 6.06. The molecule has 2 N–H and O–H groups in total. The van der Waals surface area contributed by atoms with Crippen molar-refractivity contribution in [2.75, 3.05) is 24.8 Å². The second-order valence-electron chi connectivity index (χ2n) is 6.06. The first-order valence-corrected chi connectivity index (χ1v) is 8.27. The van der Waals surface area contributed by atoms with Gasteiger partial charge in [-0.25, -0.2) is 4.39 Å². The van der Waals surface area contributed by atoms with Gasteiger partial charge in [0.25, 0.3) is 0 Å². The van der Waals surface area contributed by atoms with Crippen LogP contribution in [0.5, 0.6) is 5.75 Å². The third-order valence-electron chi connectivity index (χ3n) is 4.14. The molecule has 0 radical (unpaired) electrons. The SMILES string of the molecule is NC1CCCN(c2ccc(OCOCc3ccccc3)cc2F)C1. The molecule has 0 aliphatic carbocycles. The van der Waals surface area contributed by atoms with Gasteiger partial charge in [-0.05, 0) is 30.5 Å². The molecule has 4 nitrogen and oxygen atoms in total. The van der Waals surface area contributed by atoms with Crippen LogP contribution in [-0.4, -0.2) is 25.9 Å². The Morgan fingerprint density at radius 1 is 1.17 bits per heavy atom. The highest BCUT2D eigenvalue weighted by Crippen LogP contribution is 2.26. The number of piperidine rings is 1. The number of nitrogens with zero attached hydrogens (tertiary/aromatic N) is 1. The van der Waals surface area contributed by atoms with E-state index in [1.165, 1.54) is 6.07 Å². The van der Waals surface area contributed by atoms with E-state index < -0.39 is 0 Å². The van der Waals surface area contributed by atoms with Crippen LogP contribution in [0.4, 0.5) is 10.1 Å². The number of ether oxygens (including phenoxy) is 2. The molecule has 2 aromatic rings. The highest BCUT2D eigenvalue weighted by atomic mass is 19.1. The van der Waals surface area contributed by atoms with E-state index in [0.717, 1.165) is 24.9 Å². The molecule has 1 saturated heterocycles. The summed E-state index contributed by atoms with van der Waals surface area (Å²) in [6.45, 7) is 2.08. The first-order valence-electron chi connectivity index (χ1n) is 8.27. The maximum atomic E-state index is 14.3. The Morgan fingerprint density at radius 3 is 2.75 bits per heavy atom. The van der Waals surface area contributed by atoms with Crippen LogP contribution in [0.3, 0.4) is 0 Å². The van der Waals surface area contributed by atoms with Crippen LogP contribution < -0.4 is 15.4 Å². The lowest BCUT2D eigenvalue weighted by Crippen LogP contribution is -2.43. The van der Waals surface area contributed by atoms with Gasteiger partial charge in [0.15, 0.2) is 6.79 Å². The van der Waals surface area contributed by atoms with Crippen LogP contribution in [0.25, 0.3) is 0 Å². The highest BCUT2D eigenvalue weighted by Gasteiger charge is 2.19.